The first-order valence-electron chi connectivity index (χ1n) is 6.77. The molecule has 1 aromatic rings. The zero-order chi connectivity index (χ0) is 13.0. The van der Waals surface area contributed by atoms with Gasteiger partial charge in [0, 0.05) is 11.8 Å². The molecule has 2 saturated carbocycles. The molecule has 2 bridgehead atoms. The third-order valence-electron chi connectivity index (χ3n) is 5.58. The summed E-state index contributed by atoms with van der Waals surface area (Å²) in [4.78, 5) is 12.4. The predicted molar refractivity (Wildman–Crippen MR) is 70.4 cm³/mol. The van der Waals surface area contributed by atoms with Crippen molar-refractivity contribution in [1.29, 1.82) is 0 Å². The molecule has 2 aliphatic carbocycles. The van der Waals surface area contributed by atoms with Gasteiger partial charge in [0.25, 0.3) is 0 Å². The van der Waals surface area contributed by atoms with E-state index < -0.39 is 0 Å². The number of phenols is 1. The molecular weight excluding hydrogens is 224 g/mol. The number of Topliss-reactive ketones (excluding diaryl/α,β-unsaturated/α-hetero) is 1. The first-order valence-corrected chi connectivity index (χ1v) is 6.77. The Balaban J connectivity index is 1.95. The third-order valence-corrected chi connectivity index (χ3v) is 5.58. The summed E-state index contributed by atoms with van der Waals surface area (Å²) in [5, 5.41) is 9.33. The molecule has 0 aromatic heterocycles. The monoisotopic (exact) mass is 244 g/mol. The van der Waals surface area contributed by atoms with E-state index in [1.807, 2.05) is 12.1 Å². The summed E-state index contributed by atoms with van der Waals surface area (Å²) in [5.41, 5.74) is 1.13. The smallest absolute Gasteiger partial charge is 0.140 e. The topological polar surface area (TPSA) is 37.3 Å². The third kappa shape index (κ3) is 1.38. The zero-order valence-corrected chi connectivity index (χ0v) is 11.1. The van der Waals surface area contributed by atoms with Crippen molar-refractivity contribution in [1.82, 2.24) is 0 Å². The second kappa shape index (κ2) is 3.59. The summed E-state index contributed by atoms with van der Waals surface area (Å²) in [6.45, 7) is 4.52. The number of carbonyl (C=O) groups excluding carboxylic acids is 1. The molecule has 2 atom stereocenters. The largest absolute Gasteiger partial charge is 0.508 e. The molecule has 1 aromatic carbocycles. The SMILES string of the molecule is CC1(C)C2CCC1(Cc1ccc(O)cc1)C(=O)C2. The highest BCUT2D eigenvalue weighted by Crippen LogP contribution is 2.64. The summed E-state index contributed by atoms with van der Waals surface area (Å²) in [6.07, 6.45) is 3.82. The van der Waals surface area contributed by atoms with E-state index in [0.29, 0.717) is 11.7 Å². The highest BCUT2D eigenvalue weighted by Gasteiger charge is 2.63. The molecule has 96 valence electrons. The Labute approximate surface area is 108 Å². The maximum atomic E-state index is 12.4. The summed E-state index contributed by atoms with van der Waals surface area (Å²) in [7, 11) is 0. The highest BCUT2D eigenvalue weighted by molar-refractivity contribution is 5.90. The van der Waals surface area contributed by atoms with E-state index in [0.717, 1.165) is 24.8 Å². The van der Waals surface area contributed by atoms with Crippen LogP contribution in [0.2, 0.25) is 0 Å². The molecule has 2 nitrogen and oxygen atoms in total. The molecule has 2 fully saturated rings. The summed E-state index contributed by atoms with van der Waals surface area (Å²) in [5.74, 6) is 1.32. The van der Waals surface area contributed by atoms with Crippen molar-refractivity contribution < 1.29 is 9.90 Å². The van der Waals surface area contributed by atoms with E-state index in [2.05, 4.69) is 13.8 Å². The number of fused-ring (bicyclic) bond motifs is 2. The molecule has 2 aliphatic rings. The summed E-state index contributed by atoms with van der Waals surface area (Å²) in [6, 6.07) is 7.31. The number of carbonyl (C=O) groups is 1. The Kier molecular flexibility index (Phi) is 2.35. The van der Waals surface area contributed by atoms with Gasteiger partial charge in [0.2, 0.25) is 0 Å². The minimum Gasteiger partial charge on any atom is -0.508 e. The van der Waals surface area contributed by atoms with E-state index >= 15 is 0 Å². The first kappa shape index (κ1) is 11.8. The van der Waals surface area contributed by atoms with Gasteiger partial charge in [-0.25, -0.2) is 0 Å². The molecule has 0 aliphatic heterocycles. The van der Waals surface area contributed by atoms with Crippen LogP contribution >= 0.6 is 0 Å². The summed E-state index contributed by atoms with van der Waals surface area (Å²) >= 11 is 0. The quantitative estimate of drug-likeness (QED) is 0.866. The van der Waals surface area contributed by atoms with Gasteiger partial charge in [-0.1, -0.05) is 26.0 Å². The normalized spacial score (nSPS) is 33.0. The van der Waals surface area contributed by atoms with Gasteiger partial charge in [0.1, 0.15) is 11.5 Å². The number of hydrogen-bond acceptors (Lipinski definition) is 2. The molecule has 0 saturated heterocycles. The molecule has 0 radical (unpaired) electrons. The second-order valence-electron chi connectivity index (χ2n) is 6.51. The van der Waals surface area contributed by atoms with E-state index in [1.165, 1.54) is 6.42 Å². The van der Waals surface area contributed by atoms with Gasteiger partial charge in [0.15, 0.2) is 0 Å². The molecule has 0 spiro atoms. The Bertz CT molecular complexity index is 486. The van der Waals surface area contributed by atoms with Crippen LogP contribution in [0.15, 0.2) is 24.3 Å². The number of benzene rings is 1. The fourth-order valence-electron chi connectivity index (χ4n) is 4.15. The van der Waals surface area contributed by atoms with Gasteiger partial charge >= 0.3 is 0 Å². The predicted octanol–water partition coefficient (Wildman–Crippen LogP) is 3.33. The highest BCUT2D eigenvalue weighted by atomic mass is 16.3. The van der Waals surface area contributed by atoms with Gasteiger partial charge < -0.3 is 5.11 Å². The van der Waals surface area contributed by atoms with Crippen LogP contribution in [0.3, 0.4) is 0 Å². The lowest BCUT2D eigenvalue weighted by Crippen LogP contribution is -2.37. The second-order valence-corrected chi connectivity index (χ2v) is 6.51. The van der Waals surface area contributed by atoms with Gasteiger partial charge in [-0.2, -0.15) is 0 Å². The van der Waals surface area contributed by atoms with Crippen LogP contribution in [0, 0.1) is 16.7 Å². The molecule has 0 amide bonds. The lowest BCUT2D eigenvalue weighted by atomic mass is 9.66. The van der Waals surface area contributed by atoms with Gasteiger partial charge in [-0.15, -0.1) is 0 Å². The zero-order valence-electron chi connectivity index (χ0n) is 11.1. The van der Waals surface area contributed by atoms with Crippen molar-refractivity contribution in [3.63, 3.8) is 0 Å². The van der Waals surface area contributed by atoms with E-state index in [-0.39, 0.29) is 16.6 Å². The first-order chi connectivity index (χ1) is 8.46. The molecule has 0 heterocycles. The van der Waals surface area contributed by atoms with Gasteiger partial charge in [-0.05, 0) is 48.3 Å². The average Bonchev–Trinajstić information content (AvgIpc) is 2.66. The van der Waals surface area contributed by atoms with E-state index in [9.17, 15) is 9.90 Å². The number of rotatable bonds is 2. The standard InChI is InChI=1S/C16H20O2/c1-15(2)12-7-8-16(15,14(18)9-12)10-11-3-5-13(17)6-4-11/h3-6,12,17H,7-10H2,1-2H3. The molecular formula is C16H20O2. The van der Waals surface area contributed by atoms with Gasteiger partial charge in [0.05, 0.1) is 0 Å². The van der Waals surface area contributed by atoms with Crippen LogP contribution in [-0.2, 0) is 11.2 Å². The van der Waals surface area contributed by atoms with Crippen LogP contribution in [0.5, 0.6) is 5.75 Å². The number of ketones is 1. The molecule has 2 heteroatoms. The van der Waals surface area contributed by atoms with Crippen LogP contribution in [0.4, 0.5) is 0 Å². The lowest BCUT2D eigenvalue weighted by Gasteiger charge is -2.36. The van der Waals surface area contributed by atoms with Crippen LogP contribution in [0.1, 0.15) is 38.7 Å². The van der Waals surface area contributed by atoms with E-state index in [1.54, 1.807) is 12.1 Å². The minimum absolute atomic E-state index is 0.127. The van der Waals surface area contributed by atoms with Crippen molar-refractivity contribution in [2.24, 2.45) is 16.7 Å². The molecule has 1 N–H and O–H groups in total. The molecule has 18 heavy (non-hydrogen) atoms. The minimum atomic E-state index is -0.158. The van der Waals surface area contributed by atoms with E-state index in [4.69, 9.17) is 0 Å². The Morgan fingerprint density at radius 3 is 2.44 bits per heavy atom. The molecule has 3 rings (SSSR count). The van der Waals surface area contributed by atoms with Crippen molar-refractivity contribution in [2.45, 2.75) is 39.5 Å². The number of aromatic hydroxyl groups is 1. The maximum absolute atomic E-state index is 12.4. The van der Waals surface area contributed by atoms with Crippen molar-refractivity contribution in [3.05, 3.63) is 29.8 Å². The Morgan fingerprint density at radius 2 is 1.94 bits per heavy atom. The van der Waals surface area contributed by atoms with Gasteiger partial charge in [-0.3, -0.25) is 4.79 Å². The van der Waals surface area contributed by atoms with Crippen molar-refractivity contribution >= 4 is 5.78 Å². The Morgan fingerprint density at radius 1 is 1.28 bits per heavy atom. The maximum Gasteiger partial charge on any atom is 0.140 e. The lowest BCUT2D eigenvalue weighted by molar-refractivity contribution is -0.129. The van der Waals surface area contributed by atoms with Crippen LogP contribution < -0.4 is 0 Å². The Hall–Kier alpha value is -1.31. The number of phenolic OH excluding ortho intramolecular Hbond substituents is 1. The fourth-order valence-corrected chi connectivity index (χ4v) is 4.15. The van der Waals surface area contributed by atoms with Crippen molar-refractivity contribution in [3.8, 4) is 5.75 Å². The average molecular weight is 244 g/mol. The fraction of sp³-hybridized carbons (Fsp3) is 0.562. The van der Waals surface area contributed by atoms with Crippen LogP contribution in [-0.4, -0.2) is 10.9 Å². The molecule has 2 unspecified atom stereocenters. The van der Waals surface area contributed by atoms with Crippen molar-refractivity contribution in [2.75, 3.05) is 0 Å². The van der Waals surface area contributed by atoms with Crippen LogP contribution in [0.25, 0.3) is 0 Å². The number of hydrogen-bond donors (Lipinski definition) is 1. The summed E-state index contributed by atoms with van der Waals surface area (Å²) < 4.78 is 0.